The lowest BCUT2D eigenvalue weighted by molar-refractivity contribution is 0.0600. The van der Waals surface area contributed by atoms with Crippen LogP contribution in [0.1, 0.15) is 38.8 Å². The molecule has 7 nitrogen and oxygen atoms in total. The average molecular weight is 526 g/mol. The van der Waals surface area contributed by atoms with Crippen LogP contribution in [0, 0.1) is 6.92 Å². The molecule has 3 heterocycles. The monoisotopic (exact) mass is 525 g/mol. The molecule has 40 heavy (non-hydrogen) atoms. The second-order valence-electron chi connectivity index (χ2n) is 9.93. The summed E-state index contributed by atoms with van der Waals surface area (Å²) in [7, 11) is 1.40. The lowest BCUT2D eigenvalue weighted by Gasteiger charge is -2.35. The standard InChI is InChI=1S/C33H27N5O2/c1-22-29-30(24-17-19-25(20-18-24)32(39)40-2)37-28-16-10-9-15-27(28)36(21-23-11-5-3-6-12-23)33(37)34-31(29)38(35-22)26-13-7-4-8-14-26/h3-20,30H,21H2,1-2H3/t30-/m0/s1. The zero-order valence-corrected chi connectivity index (χ0v) is 22.2. The van der Waals surface area contributed by atoms with E-state index in [0.29, 0.717) is 12.1 Å². The summed E-state index contributed by atoms with van der Waals surface area (Å²) in [5, 5.41) is 4.98. The third-order valence-corrected chi connectivity index (χ3v) is 7.54. The molecule has 1 aromatic heterocycles. The largest absolute Gasteiger partial charge is 0.465 e. The van der Waals surface area contributed by atoms with Crippen molar-refractivity contribution in [2.75, 3.05) is 16.9 Å². The highest BCUT2D eigenvalue weighted by Gasteiger charge is 2.44. The van der Waals surface area contributed by atoms with Crippen molar-refractivity contribution in [3.63, 3.8) is 0 Å². The lowest BCUT2D eigenvalue weighted by Crippen LogP contribution is -2.42. The number of aryl methyl sites for hydroxylation is 1. The van der Waals surface area contributed by atoms with Crippen LogP contribution in [0.5, 0.6) is 0 Å². The normalized spacial score (nSPS) is 15.2. The topological polar surface area (TPSA) is 63.0 Å². The first-order chi connectivity index (χ1) is 19.6. The quantitative estimate of drug-likeness (QED) is 0.243. The Balaban J connectivity index is 1.46. The molecular formula is C33H27N5O2. The molecular weight excluding hydrogens is 498 g/mol. The molecule has 7 heteroatoms. The van der Waals surface area contributed by atoms with Gasteiger partial charge in [0.05, 0.1) is 48.0 Å². The molecule has 2 aliphatic heterocycles. The van der Waals surface area contributed by atoms with Crippen LogP contribution in [0.2, 0.25) is 0 Å². The average Bonchev–Trinajstić information content (AvgIpc) is 3.51. The SMILES string of the molecule is COC(=O)c1ccc([C@H]2c3c(C)nn(-c4ccccc4)c3N=C3N(Cc4ccccc4)c4ccccc4N32)cc1. The molecule has 0 spiro atoms. The van der Waals surface area contributed by atoms with Crippen molar-refractivity contribution in [1.29, 1.82) is 0 Å². The van der Waals surface area contributed by atoms with Gasteiger partial charge in [0.1, 0.15) is 0 Å². The van der Waals surface area contributed by atoms with Crippen LogP contribution in [-0.2, 0) is 11.3 Å². The summed E-state index contributed by atoms with van der Waals surface area (Å²) in [6, 6.07) is 36.5. The number of rotatable bonds is 5. The molecule has 0 saturated heterocycles. The molecule has 1 atom stereocenters. The number of guanidine groups is 1. The van der Waals surface area contributed by atoms with Gasteiger partial charge in [-0.2, -0.15) is 10.1 Å². The number of carbonyl (C=O) groups is 1. The van der Waals surface area contributed by atoms with Crippen molar-refractivity contribution >= 4 is 29.1 Å². The number of ether oxygens (including phenoxy) is 1. The maximum Gasteiger partial charge on any atom is 0.337 e. The molecule has 5 aromatic rings. The van der Waals surface area contributed by atoms with E-state index >= 15 is 0 Å². The number of benzene rings is 4. The Hall–Kier alpha value is -5.17. The number of aromatic nitrogens is 2. The van der Waals surface area contributed by atoms with Crippen molar-refractivity contribution in [3.8, 4) is 5.69 Å². The number of fused-ring (bicyclic) bond motifs is 4. The van der Waals surface area contributed by atoms with Crippen molar-refractivity contribution < 1.29 is 9.53 Å². The molecule has 2 aliphatic rings. The molecule has 0 N–H and O–H groups in total. The van der Waals surface area contributed by atoms with Gasteiger partial charge in [0, 0.05) is 5.56 Å². The van der Waals surface area contributed by atoms with Crippen molar-refractivity contribution in [3.05, 3.63) is 137 Å². The molecule has 0 aliphatic carbocycles. The highest BCUT2D eigenvalue weighted by atomic mass is 16.5. The zero-order chi connectivity index (χ0) is 27.2. The van der Waals surface area contributed by atoms with E-state index < -0.39 is 0 Å². The molecule has 0 radical (unpaired) electrons. The van der Waals surface area contributed by atoms with Gasteiger partial charge >= 0.3 is 5.97 Å². The van der Waals surface area contributed by atoms with E-state index in [9.17, 15) is 4.79 Å². The molecule has 0 amide bonds. The minimum absolute atomic E-state index is 0.200. The summed E-state index contributed by atoms with van der Waals surface area (Å²) < 4.78 is 6.89. The Kier molecular flexibility index (Phi) is 5.70. The van der Waals surface area contributed by atoms with Gasteiger partial charge in [-0.05, 0) is 54.4 Å². The lowest BCUT2D eigenvalue weighted by atomic mass is 9.94. The van der Waals surface area contributed by atoms with Crippen molar-refractivity contribution in [1.82, 2.24) is 9.78 Å². The number of aliphatic imine (C=N–C) groups is 1. The van der Waals surface area contributed by atoms with Gasteiger partial charge < -0.3 is 9.64 Å². The van der Waals surface area contributed by atoms with Crippen molar-refractivity contribution in [2.45, 2.75) is 19.5 Å². The van der Waals surface area contributed by atoms with Crippen LogP contribution in [0.3, 0.4) is 0 Å². The van der Waals surface area contributed by atoms with Gasteiger partial charge in [0.15, 0.2) is 5.82 Å². The predicted octanol–water partition coefficient (Wildman–Crippen LogP) is 6.58. The van der Waals surface area contributed by atoms with E-state index in [1.807, 2.05) is 72.3 Å². The van der Waals surface area contributed by atoms with Gasteiger partial charge in [-0.25, -0.2) is 9.48 Å². The molecule has 0 unspecified atom stereocenters. The molecule has 7 rings (SSSR count). The third kappa shape index (κ3) is 3.78. The van der Waals surface area contributed by atoms with Gasteiger partial charge in [-0.15, -0.1) is 0 Å². The van der Waals surface area contributed by atoms with Crippen LogP contribution < -0.4 is 9.80 Å². The van der Waals surface area contributed by atoms with E-state index in [2.05, 4.69) is 58.3 Å². The van der Waals surface area contributed by atoms with E-state index in [1.165, 1.54) is 12.7 Å². The molecule has 196 valence electrons. The molecule has 0 fully saturated rings. The first-order valence-electron chi connectivity index (χ1n) is 13.3. The Bertz CT molecular complexity index is 1740. The number of hydrogen-bond acceptors (Lipinski definition) is 6. The van der Waals surface area contributed by atoms with E-state index in [-0.39, 0.29) is 12.0 Å². The van der Waals surface area contributed by atoms with Crippen LogP contribution in [0.4, 0.5) is 17.2 Å². The summed E-state index contributed by atoms with van der Waals surface area (Å²) in [5.41, 5.74) is 7.82. The van der Waals surface area contributed by atoms with E-state index in [1.54, 1.807) is 0 Å². The maximum atomic E-state index is 12.2. The fourth-order valence-corrected chi connectivity index (χ4v) is 5.70. The van der Waals surface area contributed by atoms with E-state index in [0.717, 1.165) is 45.7 Å². The zero-order valence-electron chi connectivity index (χ0n) is 22.2. The minimum Gasteiger partial charge on any atom is -0.465 e. The van der Waals surface area contributed by atoms with E-state index in [4.69, 9.17) is 14.8 Å². The van der Waals surface area contributed by atoms with Crippen molar-refractivity contribution in [2.24, 2.45) is 4.99 Å². The highest BCUT2D eigenvalue weighted by molar-refractivity contribution is 6.18. The maximum absolute atomic E-state index is 12.2. The molecule has 4 aromatic carbocycles. The number of methoxy groups -OCH3 is 1. The summed E-state index contributed by atoms with van der Waals surface area (Å²) in [4.78, 5) is 22.1. The molecule has 0 bridgehead atoms. The fraction of sp³-hybridized carbons (Fsp3) is 0.121. The fourth-order valence-electron chi connectivity index (χ4n) is 5.70. The summed E-state index contributed by atoms with van der Waals surface area (Å²) >= 11 is 0. The summed E-state index contributed by atoms with van der Waals surface area (Å²) in [6.45, 7) is 2.72. The minimum atomic E-state index is -0.355. The Morgan fingerprint density at radius 3 is 2.17 bits per heavy atom. The predicted molar refractivity (Wildman–Crippen MR) is 157 cm³/mol. The number of nitrogens with zero attached hydrogens (tertiary/aromatic N) is 5. The number of hydrogen-bond donors (Lipinski definition) is 0. The Labute approximate surface area is 232 Å². The second-order valence-corrected chi connectivity index (χ2v) is 9.93. The molecule has 0 saturated carbocycles. The van der Waals surface area contributed by atoms with Crippen LogP contribution in [0.15, 0.2) is 114 Å². The third-order valence-electron chi connectivity index (χ3n) is 7.54. The van der Waals surface area contributed by atoms with Gasteiger partial charge in [0.25, 0.3) is 0 Å². The Morgan fingerprint density at radius 2 is 1.48 bits per heavy atom. The van der Waals surface area contributed by atoms with Gasteiger partial charge in [-0.1, -0.05) is 72.8 Å². The first-order valence-corrected chi connectivity index (χ1v) is 13.3. The summed E-state index contributed by atoms with van der Waals surface area (Å²) in [6.07, 6.45) is 0. The Morgan fingerprint density at radius 1 is 0.825 bits per heavy atom. The number of para-hydroxylation sites is 3. The van der Waals surface area contributed by atoms with Crippen LogP contribution in [-0.4, -0.2) is 28.8 Å². The number of esters is 1. The second kappa shape index (κ2) is 9.54. The highest BCUT2D eigenvalue weighted by Crippen LogP contribution is 2.50. The smallest absolute Gasteiger partial charge is 0.337 e. The van der Waals surface area contributed by atoms with Gasteiger partial charge in [-0.3, -0.25) is 4.90 Å². The summed E-state index contributed by atoms with van der Waals surface area (Å²) in [5.74, 6) is 1.30. The van der Waals surface area contributed by atoms with Crippen LogP contribution in [0.25, 0.3) is 5.69 Å². The van der Waals surface area contributed by atoms with Crippen LogP contribution >= 0.6 is 0 Å². The number of anilines is 2. The first kappa shape index (κ1) is 23.9. The number of carbonyl (C=O) groups excluding carboxylic acids is 1. The van der Waals surface area contributed by atoms with Gasteiger partial charge in [0.2, 0.25) is 5.96 Å².